The molecule has 0 saturated carbocycles. The van der Waals surface area contributed by atoms with Crippen LogP contribution in [-0.4, -0.2) is 166 Å². The van der Waals surface area contributed by atoms with Gasteiger partial charge in [0.05, 0.1) is 38.0 Å². The van der Waals surface area contributed by atoms with Crippen molar-refractivity contribution >= 4 is 59.1 Å². The first-order chi connectivity index (χ1) is 32.4. The van der Waals surface area contributed by atoms with E-state index in [9.17, 15) is 63.6 Å². The highest BCUT2D eigenvalue weighted by molar-refractivity contribution is 5.98. The van der Waals surface area contributed by atoms with Gasteiger partial charge in [-0.05, 0) is 50.5 Å². The molecule has 386 valence electrons. The fourth-order valence-electron chi connectivity index (χ4n) is 6.90. The number of carbonyl (C=O) groups excluding carboxylic acids is 9. The summed E-state index contributed by atoms with van der Waals surface area (Å²) in [5.74, 6) is -10.3. The highest BCUT2D eigenvalue weighted by Gasteiger charge is 2.38. The highest BCUT2D eigenvalue weighted by Crippen LogP contribution is 2.18. The summed E-state index contributed by atoms with van der Waals surface area (Å²) in [5.41, 5.74) is 17.6. The molecule has 12 atom stereocenters. The summed E-state index contributed by atoms with van der Waals surface area (Å²) in [4.78, 5) is 127. The maximum atomic E-state index is 14.1. The average Bonchev–Trinajstić information content (AvgIpc) is 3.30. The molecule has 1 aromatic carbocycles. The van der Waals surface area contributed by atoms with Gasteiger partial charge >= 0.3 is 0 Å². The second kappa shape index (κ2) is 28.8. The third kappa shape index (κ3) is 18.9. The number of aliphatic hydroxyl groups excluding tert-OH is 4. The van der Waals surface area contributed by atoms with Crippen molar-refractivity contribution in [3.05, 3.63) is 35.9 Å². The van der Waals surface area contributed by atoms with Crippen LogP contribution in [0.3, 0.4) is 0 Å². The molecule has 9 amide bonds. The molecule has 1 heterocycles. The maximum Gasteiger partial charge on any atom is 0.245 e. The number of guanidine groups is 1. The van der Waals surface area contributed by atoms with Crippen LogP contribution in [0.2, 0.25) is 0 Å². The number of nitrogens with one attached hydrogen (secondary N) is 9. The van der Waals surface area contributed by atoms with Crippen molar-refractivity contribution in [2.45, 2.75) is 134 Å². The molecular weight excluding hydrogens is 907 g/mol. The molecule has 1 unspecified atom stereocenters. The number of aliphatic imine (C=N–C) groups is 1. The first-order valence-electron chi connectivity index (χ1n) is 22.6. The molecule has 69 heavy (non-hydrogen) atoms. The molecular formula is C43H71N13O13. The third-order valence-corrected chi connectivity index (χ3v) is 11.0. The van der Waals surface area contributed by atoms with Gasteiger partial charge in [0, 0.05) is 6.54 Å². The SMILES string of the molecule is CC[C@H](C)[C@@H]1NC(=O)[C@@H](CCCN=C(N)N)NC(=O)[C@H](CC(C)C)NC(=O)[C@H]([C@@H](C)O)NC(=O)[C@@H](N)[C@@H](c2ccccc2)NC(=O)C(CO)NC(=O)[C@H](CO)NC(=O)CNC(=O)[C@H]([C@H](C)O)NC1=O. The van der Waals surface area contributed by atoms with Crippen LogP contribution < -0.4 is 65.1 Å². The first kappa shape index (κ1) is 58.6. The van der Waals surface area contributed by atoms with E-state index in [2.05, 4.69) is 52.8 Å². The predicted octanol–water partition coefficient (Wildman–Crippen LogP) is -6.41. The van der Waals surface area contributed by atoms with Crippen LogP contribution in [0.1, 0.15) is 78.8 Å². The quantitative estimate of drug-likeness (QED) is 0.0497. The van der Waals surface area contributed by atoms with Gasteiger partial charge in [-0.2, -0.15) is 0 Å². The van der Waals surface area contributed by atoms with Crippen molar-refractivity contribution in [1.82, 2.24) is 47.9 Å². The lowest BCUT2D eigenvalue weighted by atomic mass is 9.96. The van der Waals surface area contributed by atoms with Crippen molar-refractivity contribution in [3.8, 4) is 0 Å². The van der Waals surface area contributed by atoms with Gasteiger partial charge in [0.25, 0.3) is 0 Å². The zero-order chi connectivity index (χ0) is 52.1. The highest BCUT2D eigenvalue weighted by atomic mass is 16.3. The van der Waals surface area contributed by atoms with E-state index in [1.165, 1.54) is 26.0 Å². The standard InChI is InChI=1S/C43H71N13O13/c1-7-21(4)31-41(68)55-32(22(5)59)40(67)48-17-29(61)49-27(18-57)37(64)52-28(19-58)38(65)56-34(24-12-9-8-10-13-24)30(44)39(66)54-33(23(6)60)42(69)51-26(16-20(2)3)36(63)50-25(35(62)53-31)14-11-15-47-43(45)46/h8-10,12-13,20-23,25-28,30-34,57-60H,7,11,14-19,44H2,1-6H3,(H,48,67)(H,49,61)(H,50,63)(H,51,69)(H,52,64)(H,53,62)(H,54,66)(H,55,68)(H,56,65)(H4,45,46,47)/t21-,22-,23+,25+,26-,27-,28?,30-,31-,32-,33-,34+/m0/s1. The number of amides is 9. The Morgan fingerprint density at radius 2 is 1.10 bits per heavy atom. The van der Waals surface area contributed by atoms with Gasteiger partial charge in [0.2, 0.25) is 53.2 Å². The Morgan fingerprint density at radius 1 is 0.623 bits per heavy atom. The van der Waals surface area contributed by atoms with Crippen molar-refractivity contribution in [3.63, 3.8) is 0 Å². The van der Waals surface area contributed by atoms with E-state index >= 15 is 0 Å². The van der Waals surface area contributed by atoms with Crippen LogP contribution in [0.4, 0.5) is 0 Å². The monoisotopic (exact) mass is 978 g/mol. The molecule has 26 heteroatoms. The van der Waals surface area contributed by atoms with E-state index in [1.54, 1.807) is 45.9 Å². The van der Waals surface area contributed by atoms with Crippen molar-refractivity contribution in [2.75, 3.05) is 26.3 Å². The summed E-state index contributed by atoms with van der Waals surface area (Å²) < 4.78 is 0. The summed E-state index contributed by atoms with van der Waals surface area (Å²) in [5, 5.41) is 63.1. The Balaban J connectivity index is 2.73. The van der Waals surface area contributed by atoms with Crippen molar-refractivity contribution in [1.29, 1.82) is 0 Å². The molecule has 1 aliphatic heterocycles. The predicted molar refractivity (Wildman–Crippen MR) is 248 cm³/mol. The Morgan fingerprint density at radius 3 is 1.65 bits per heavy atom. The fraction of sp³-hybridized carbons (Fsp3) is 0.628. The second-order valence-electron chi connectivity index (χ2n) is 17.2. The van der Waals surface area contributed by atoms with Crippen LogP contribution in [0.25, 0.3) is 0 Å². The number of hydrogen-bond acceptors (Lipinski definition) is 15. The van der Waals surface area contributed by atoms with Gasteiger partial charge < -0.3 is 85.5 Å². The minimum Gasteiger partial charge on any atom is -0.394 e. The van der Waals surface area contributed by atoms with E-state index in [4.69, 9.17) is 17.2 Å². The van der Waals surface area contributed by atoms with E-state index in [0.717, 1.165) is 0 Å². The fourth-order valence-corrected chi connectivity index (χ4v) is 6.90. The Bertz CT molecular complexity index is 1950. The van der Waals surface area contributed by atoms with Gasteiger partial charge in [-0.15, -0.1) is 0 Å². The van der Waals surface area contributed by atoms with E-state index in [0.29, 0.717) is 6.42 Å². The lowest BCUT2D eigenvalue weighted by molar-refractivity contribution is -0.137. The second-order valence-corrected chi connectivity index (χ2v) is 17.2. The molecule has 1 aromatic rings. The molecule has 26 nitrogen and oxygen atoms in total. The number of benzene rings is 1. The topological polar surface area (TPSA) is 433 Å². The van der Waals surface area contributed by atoms with Gasteiger partial charge in [-0.25, -0.2) is 0 Å². The van der Waals surface area contributed by atoms with E-state index in [-0.39, 0.29) is 43.2 Å². The summed E-state index contributed by atoms with van der Waals surface area (Å²) in [6.07, 6.45) is -2.88. The molecule has 19 N–H and O–H groups in total. The van der Waals surface area contributed by atoms with Crippen LogP contribution in [0.5, 0.6) is 0 Å². The van der Waals surface area contributed by atoms with Gasteiger partial charge in [0.1, 0.15) is 48.3 Å². The molecule has 0 spiro atoms. The lowest BCUT2D eigenvalue weighted by Gasteiger charge is -2.31. The zero-order valence-electron chi connectivity index (χ0n) is 39.7. The minimum atomic E-state index is -1.77. The van der Waals surface area contributed by atoms with Crippen molar-refractivity contribution < 1.29 is 63.6 Å². The smallest absolute Gasteiger partial charge is 0.245 e. The molecule has 1 aliphatic rings. The largest absolute Gasteiger partial charge is 0.394 e. The number of carbonyl (C=O) groups is 9. The molecule has 2 rings (SSSR count). The van der Waals surface area contributed by atoms with Crippen LogP contribution in [0.15, 0.2) is 35.3 Å². The minimum absolute atomic E-state index is 0.0218. The Hall–Kier alpha value is -6.48. The third-order valence-electron chi connectivity index (χ3n) is 11.0. The Labute approximate surface area is 399 Å². The summed E-state index contributed by atoms with van der Waals surface area (Å²) >= 11 is 0. The van der Waals surface area contributed by atoms with E-state index in [1.807, 2.05) is 0 Å². The normalized spacial score (nSPS) is 27.2. The van der Waals surface area contributed by atoms with Crippen LogP contribution in [0, 0.1) is 11.8 Å². The average molecular weight is 978 g/mol. The number of hydrogen-bond donors (Lipinski definition) is 16. The van der Waals surface area contributed by atoms with Gasteiger partial charge in [0.15, 0.2) is 5.96 Å². The zero-order valence-corrected chi connectivity index (χ0v) is 39.7. The summed E-state index contributed by atoms with van der Waals surface area (Å²) in [6.45, 7) is 6.26. The maximum absolute atomic E-state index is 14.1. The van der Waals surface area contributed by atoms with Crippen LogP contribution >= 0.6 is 0 Å². The molecule has 0 aliphatic carbocycles. The molecule has 1 fully saturated rings. The Kier molecular flexibility index (Phi) is 24.4. The number of nitrogens with zero attached hydrogens (tertiary/aromatic N) is 1. The number of nitrogens with two attached hydrogens (primary N) is 3. The first-order valence-corrected chi connectivity index (χ1v) is 22.6. The summed E-state index contributed by atoms with van der Waals surface area (Å²) in [7, 11) is 0. The van der Waals surface area contributed by atoms with Crippen LogP contribution in [-0.2, 0) is 43.2 Å². The molecule has 0 radical (unpaired) electrons. The van der Waals surface area contributed by atoms with Gasteiger partial charge in [-0.3, -0.25) is 48.1 Å². The lowest BCUT2D eigenvalue weighted by Crippen LogP contribution is -2.63. The molecule has 0 bridgehead atoms. The molecule has 0 aromatic heterocycles. The van der Waals surface area contributed by atoms with Gasteiger partial charge in [-0.1, -0.05) is 64.4 Å². The van der Waals surface area contributed by atoms with E-state index < -0.39 is 145 Å². The van der Waals surface area contributed by atoms with Crippen molar-refractivity contribution in [2.24, 2.45) is 34.0 Å². The summed E-state index contributed by atoms with van der Waals surface area (Å²) in [6, 6.07) is -6.59. The number of aliphatic hydroxyl groups is 4. The number of rotatable bonds is 13. The molecule has 1 saturated heterocycles.